The lowest BCUT2D eigenvalue weighted by Gasteiger charge is -2.09. The first-order valence-corrected chi connectivity index (χ1v) is 4.82. The highest BCUT2D eigenvalue weighted by Gasteiger charge is 2.15. The molecule has 0 amide bonds. The summed E-state index contributed by atoms with van der Waals surface area (Å²) in [5.74, 6) is 1.14. The summed E-state index contributed by atoms with van der Waals surface area (Å²) >= 11 is 8.11. The smallest absolute Gasteiger partial charge is 0.309 e. The molecule has 0 heterocycles. The normalized spacial score (nSPS) is 12.6. The Kier molecular flexibility index (Phi) is 6.96. The van der Waals surface area contributed by atoms with Gasteiger partial charge < -0.3 is 4.74 Å². The SMILES string of the molecule is COC(=O)C(CS)CCCS. The highest BCUT2D eigenvalue weighted by Crippen LogP contribution is 2.10. The van der Waals surface area contributed by atoms with Crippen molar-refractivity contribution in [1.29, 1.82) is 0 Å². The van der Waals surface area contributed by atoms with Crippen molar-refractivity contribution in [3.8, 4) is 0 Å². The monoisotopic (exact) mass is 194 g/mol. The molecule has 0 spiro atoms. The molecule has 0 rings (SSSR count). The summed E-state index contributed by atoms with van der Waals surface area (Å²) in [6.45, 7) is 0. The Morgan fingerprint density at radius 2 is 2.18 bits per heavy atom. The molecule has 0 saturated heterocycles. The van der Waals surface area contributed by atoms with Crippen LogP contribution < -0.4 is 0 Å². The fourth-order valence-electron chi connectivity index (χ4n) is 0.788. The molecule has 1 unspecified atom stereocenters. The molecule has 0 aromatic rings. The van der Waals surface area contributed by atoms with Gasteiger partial charge in [-0.15, -0.1) is 0 Å². The molecule has 0 aliphatic heterocycles. The molecule has 2 nitrogen and oxygen atoms in total. The van der Waals surface area contributed by atoms with Gasteiger partial charge in [0, 0.05) is 5.75 Å². The van der Waals surface area contributed by atoms with Crippen molar-refractivity contribution < 1.29 is 9.53 Å². The van der Waals surface area contributed by atoms with Crippen LogP contribution in [-0.4, -0.2) is 24.6 Å². The van der Waals surface area contributed by atoms with Crippen LogP contribution in [0.1, 0.15) is 12.8 Å². The summed E-state index contributed by atoms with van der Waals surface area (Å²) in [6.07, 6.45) is 1.75. The maximum Gasteiger partial charge on any atom is 0.309 e. The molecule has 0 radical (unpaired) electrons. The van der Waals surface area contributed by atoms with E-state index in [-0.39, 0.29) is 11.9 Å². The molecule has 1 atom stereocenters. The summed E-state index contributed by atoms with van der Waals surface area (Å²) in [7, 11) is 1.40. The number of carbonyl (C=O) groups is 1. The Labute approximate surface area is 78.5 Å². The average Bonchev–Trinajstić information content (AvgIpc) is 2.05. The number of esters is 1. The molecule has 0 aromatic heterocycles. The van der Waals surface area contributed by atoms with Gasteiger partial charge in [-0.05, 0) is 18.6 Å². The zero-order chi connectivity index (χ0) is 8.69. The summed E-state index contributed by atoms with van der Waals surface area (Å²) in [5, 5.41) is 0. The zero-order valence-corrected chi connectivity index (χ0v) is 8.41. The van der Waals surface area contributed by atoms with Gasteiger partial charge in [0.15, 0.2) is 0 Å². The van der Waals surface area contributed by atoms with Crippen LogP contribution in [0.25, 0.3) is 0 Å². The Balaban J connectivity index is 3.65. The highest BCUT2D eigenvalue weighted by atomic mass is 32.1. The molecular weight excluding hydrogens is 180 g/mol. The molecule has 0 aliphatic rings. The summed E-state index contributed by atoms with van der Waals surface area (Å²) in [6, 6.07) is 0. The van der Waals surface area contributed by atoms with E-state index in [0.717, 1.165) is 18.6 Å². The van der Waals surface area contributed by atoms with Crippen LogP contribution in [0.5, 0.6) is 0 Å². The van der Waals surface area contributed by atoms with Gasteiger partial charge in [0.05, 0.1) is 13.0 Å². The lowest BCUT2D eigenvalue weighted by molar-refractivity contribution is -0.144. The van der Waals surface area contributed by atoms with E-state index in [0.29, 0.717) is 5.75 Å². The molecule has 0 aliphatic carbocycles. The number of hydrogen-bond acceptors (Lipinski definition) is 4. The van der Waals surface area contributed by atoms with E-state index in [1.807, 2.05) is 0 Å². The van der Waals surface area contributed by atoms with Crippen LogP contribution >= 0.6 is 25.3 Å². The number of carbonyl (C=O) groups excluding carboxylic acids is 1. The van der Waals surface area contributed by atoms with Gasteiger partial charge in [0.1, 0.15) is 0 Å². The molecule has 4 heteroatoms. The van der Waals surface area contributed by atoms with Crippen molar-refractivity contribution >= 4 is 31.2 Å². The highest BCUT2D eigenvalue weighted by molar-refractivity contribution is 7.80. The van der Waals surface area contributed by atoms with E-state index < -0.39 is 0 Å². The second kappa shape index (κ2) is 6.85. The molecule has 0 aromatic carbocycles. The van der Waals surface area contributed by atoms with Gasteiger partial charge in [0.25, 0.3) is 0 Å². The van der Waals surface area contributed by atoms with Crippen molar-refractivity contribution in [3.05, 3.63) is 0 Å². The molecule has 0 saturated carbocycles. The van der Waals surface area contributed by atoms with Crippen LogP contribution in [0.4, 0.5) is 0 Å². The van der Waals surface area contributed by atoms with E-state index >= 15 is 0 Å². The topological polar surface area (TPSA) is 26.3 Å². The van der Waals surface area contributed by atoms with E-state index in [1.54, 1.807) is 0 Å². The molecular formula is C7H14O2S2. The lowest BCUT2D eigenvalue weighted by Crippen LogP contribution is -2.17. The Bertz CT molecular complexity index is 117. The summed E-state index contributed by atoms with van der Waals surface area (Å²) in [4.78, 5) is 11.0. The van der Waals surface area contributed by atoms with Crippen molar-refractivity contribution in [1.82, 2.24) is 0 Å². The van der Waals surface area contributed by atoms with E-state index in [2.05, 4.69) is 30.0 Å². The van der Waals surface area contributed by atoms with Gasteiger partial charge in [-0.1, -0.05) is 0 Å². The Morgan fingerprint density at radius 3 is 2.55 bits per heavy atom. The van der Waals surface area contributed by atoms with E-state index in [1.165, 1.54) is 7.11 Å². The van der Waals surface area contributed by atoms with Crippen molar-refractivity contribution in [2.45, 2.75) is 12.8 Å². The first kappa shape index (κ1) is 11.2. The van der Waals surface area contributed by atoms with Gasteiger partial charge in [0.2, 0.25) is 0 Å². The molecule has 0 bridgehead atoms. The van der Waals surface area contributed by atoms with Crippen LogP contribution in [0, 0.1) is 5.92 Å². The second-order valence-electron chi connectivity index (χ2n) is 2.27. The third-order valence-electron chi connectivity index (χ3n) is 1.47. The predicted octanol–water partition coefficient (Wildman–Crippen LogP) is 1.42. The van der Waals surface area contributed by atoms with Crippen LogP contribution in [-0.2, 0) is 9.53 Å². The number of rotatable bonds is 5. The zero-order valence-electron chi connectivity index (χ0n) is 6.62. The number of thiol groups is 2. The van der Waals surface area contributed by atoms with E-state index in [9.17, 15) is 4.79 Å². The van der Waals surface area contributed by atoms with E-state index in [4.69, 9.17) is 0 Å². The minimum Gasteiger partial charge on any atom is -0.469 e. The van der Waals surface area contributed by atoms with Gasteiger partial charge >= 0.3 is 5.97 Å². The molecule has 66 valence electrons. The van der Waals surface area contributed by atoms with Gasteiger partial charge in [-0.2, -0.15) is 25.3 Å². The minimum atomic E-state index is -0.165. The van der Waals surface area contributed by atoms with Gasteiger partial charge in [-0.3, -0.25) is 4.79 Å². The first-order chi connectivity index (χ1) is 5.26. The standard InChI is InChI=1S/C7H14O2S2/c1-9-7(8)6(5-11)3-2-4-10/h6,10-11H,2-5H2,1H3. The second-order valence-corrected chi connectivity index (χ2v) is 3.08. The molecule has 0 fully saturated rings. The fourth-order valence-corrected chi connectivity index (χ4v) is 1.30. The van der Waals surface area contributed by atoms with Crippen LogP contribution in [0.15, 0.2) is 0 Å². The number of ether oxygens (including phenoxy) is 1. The minimum absolute atomic E-state index is 0.0597. The molecule has 0 N–H and O–H groups in total. The van der Waals surface area contributed by atoms with Crippen molar-refractivity contribution in [2.24, 2.45) is 5.92 Å². The molecule has 11 heavy (non-hydrogen) atoms. The summed E-state index contributed by atoms with van der Waals surface area (Å²) in [5.41, 5.74) is 0. The Hall–Kier alpha value is 0.170. The van der Waals surface area contributed by atoms with Gasteiger partial charge in [-0.25, -0.2) is 0 Å². The maximum absolute atomic E-state index is 11.0. The quantitative estimate of drug-likeness (QED) is 0.511. The average molecular weight is 194 g/mol. The van der Waals surface area contributed by atoms with Crippen LogP contribution in [0.2, 0.25) is 0 Å². The maximum atomic E-state index is 11.0. The summed E-state index contributed by atoms with van der Waals surface area (Å²) < 4.78 is 4.59. The van der Waals surface area contributed by atoms with Crippen molar-refractivity contribution in [3.63, 3.8) is 0 Å². The number of methoxy groups -OCH3 is 1. The van der Waals surface area contributed by atoms with Crippen molar-refractivity contribution in [2.75, 3.05) is 18.6 Å². The lowest BCUT2D eigenvalue weighted by atomic mass is 10.1. The third-order valence-corrected chi connectivity index (χ3v) is 2.22. The largest absolute Gasteiger partial charge is 0.469 e. The first-order valence-electron chi connectivity index (χ1n) is 3.55. The third kappa shape index (κ3) is 4.58. The Morgan fingerprint density at radius 1 is 1.55 bits per heavy atom. The van der Waals surface area contributed by atoms with Crippen LogP contribution in [0.3, 0.4) is 0 Å². The fraction of sp³-hybridized carbons (Fsp3) is 0.857. The predicted molar refractivity (Wildman–Crippen MR) is 52.4 cm³/mol. The number of hydrogen-bond donors (Lipinski definition) is 2.